The van der Waals surface area contributed by atoms with Crippen LogP contribution in [0, 0.1) is 5.92 Å². The van der Waals surface area contributed by atoms with Crippen LogP contribution in [-0.4, -0.2) is 35.6 Å². The first-order chi connectivity index (χ1) is 17.7. The van der Waals surface area contributed by atoms with E-state index in [1.54, 1.807) is 31.3 Å². The molecule has 0 unspecified atom stereocenters. The van der Waals surface area contributed by atoms with Gasteiger partial charge >= 0.3 is 0 Å². The van der Waals surface area contributed by atoms with Gasteiger partial charge in [-0.25, -0.2) is 4.98 Å². The number of hydrogen-bond acceptors (Lipinski definition) is 6. The molecule has 1 heterocycles. The summed E-state index contributed by atoms with van der Waals surface area (Å²) in [5, 5.41) is 15.0. The number of carboxylic acids is 1. The normalized spacial score (nSPS) is 10.8. The summed E-state index contributed by atoms with van der Waals surface area (Å²) in [5.74, 6) is -0.657. The summed E-state index contributed by atoms with van der Waals surface area (Å²) in [6, 6.07) is 23.0. The number of nitrogens with zero attached hydrogens (tertiary/aromatic N) is 2. The Morgan fingerprint density at radius 1 is 1.00 bits per heavy atom. The number of benzene rings is 3. The fraction of sp³-hybridized carbons (Fsp3) is 0.172. The first kappa shape index (κ1) is 25.8. The van der Waals surface area contributed by atoms with Crippen molar-refractivity contribution in [2.24, 2.45) is 5.92 Å². The lowest BCUT2D eigenvalue weighted by Crippen LogP contribution is -2.41. The molecule has 0 saturated carbocycles. The third-order valence-electron chi connectivity index (χ3n) is 5.68. The van der Waals surface area contributed by atoms with Crippen molar-refractivity contribution in [3.63, 3.8) is 0 Å². The summed E-state index contributed by atoms with van der Waals surface area (Å²) in [4.78, 5) is 31.2. The standard InChI is InChI=1S/C29H27N3O4S/c1-18(2)17-36-20-10-8-9-19(15-20)25-16-23(21-11-4-6-13-24(21)30-25)27(33)31-29(37)32(3)26-14-7-5-12-22(26)28(34)35/h4-16,18H,17H2,1-3H3,(H,34,35)(H,31,33,37)/p-1. The van der Waals surface area contributed by atoms with Crippen molar-refractivity contribution in [2.75, 3.05) is 18.6 Å². The lowest BCUT2D eigenvalue weighted by Gasteiger charge is -2.23. The average Bonchev–Trinajstić information content (AvgIpc) is 2.90. The van der Waals surface area contributed by atoms with Crippen LogP contribution in [0.4, 0.5) is 5.69 Å². The van der Waals surface area contributed by atoms with Crippen LogP contribution in [0.15, 0.2) is 78.9 Å². The summed E-state index contributed by atoms with van der Waals surface area (Å²) in [6.45, 7) is 4.76. The molecule has 0 fully saturated rings. The Balaban J connectivity index is 1.66. The van der Waals surface area contributed by atoms with Crippen LogP contribution < -0.4 is 20.1 Å². The molecule has 1 N–H and O–H groups in total. The summed E-state index contributed by atoms with van der Waals surface area (Å²) in [5.41, 5.74) is 2.74. The largest absolute Gasteiger partial charge is 0.545 e. The number of rotatable bonds is 7. The predicted octanol–water partition coefficient (Wildman–Crippen LogP) is 4.45. The second-order valence-electron chi connectivity index (χ2n) is 8.93. The Hall–Kier alpha value is -4.30. The number of carboxylic acid groups (broad SMARTS) is 1. The highest BCUT2D eigenvalue weighted by atomic mass is 32.1. The summed E-state index contributed by atoms with van der Waals surface area (Å²) < 4.78 is 5.87. The van der Waals surface area contributed by atoms with Gasteiger partial charge in [-0.15, -0.1) is 0 Å². The fourth-order valence-electron chi connectivity index (χ4n) is 3.82. The highest BCUT2D eigenvalue weighted by molar-refractivity contribution is 7.80. The number of para-hydroxylation sites is 2. The number of fused-ring (bicyclic) bond motifs is 1. The maximum atomic E-state index is 13.4. The predicted molar refractivity (Wildman–Crippen MR) is 147 cm³/mol. The number of hydrogen-bond donors (Lipinski definition) is 1. The van der Waals surface area contributed by atoms with Gasteiger partial charge < -0.3 is 19.5 Å². The summed E-state index contributed by atoms with van der Waals surface area (Å²) >= 11 is 5.45. The van der Waals surface area contributed by atoms with E-state index >= 15 is 0 Å². The SMILES string of the molecule is CC(C)COc1cccc(-c2cc(C(=O)NC(=S)N(C)c3ccccc3C(=O)[O-])c3ccccc3n2)c1. The van der Waals surface area contributed by atoms with Crippen LogP contribution in [-0.2, 0) is 0 Å². The van der Waals surface area contributed by atoms with E-state index in [1.165, 1.54) is 11.0 Å². The summed E-state index contributed by atoms with van der Waals surface area (Å²) in [7, 11) is 1.59. The molecule has 4 rings (SSSR count). The Labute approximate surface area is 220 Å². The number of carbonyl (C=O) groups is 2. The van der Waals surface area contributed by atoms with Gasteiger partial charge in [0, 0.05) is 23.6 Å². The Kier molecular flexibility index (Phi) is 7.79. The second-order valence-corrected chi connectivity index (χ2v) is 9.31. The van der Waals surface area contributed by atoms with Gasteiger partial charge in [-0.1, -0.05) is 62.4 Å². The molecule has 0 atom stereocenters. The van der Waals surface area contributed by atoms with Crippen molar-refractivity contribution < 1.29 is 19.4 Å². The molecule has 0 aliphatic rings. The molecule has 1 amide bonds. The lowest BCUT2D eigenvalue weighted by atomic mass is 10.0. The number of carbonyl (C=O) groups excluding carboxylic acids is 2. The van der Waals surface area contributed by atoms with Crippen molar-refractivity contribution in [3.8, 4) is 17.0 Å². The number of aromatic carboxylic acids is 1. The Morgan fingerprint density at radius 3 is 2.49 bits per heavy atom. The summed E-state index contributed by atoms with van der Waals surface area (Å²) in [6.07, 6.45) is 0. The molecule has 188 valence electrons. The molecule has 0 spiro atoms. The van der Waals surface area contributed by atoms with Gasteiger partial charge in [0.05, 0.1) is 35.0 Å². The van der Waals surface area contributed by atoms with E-state index in [4.69, 9.17) is 21.9 Å². The van der Waals surface area contributed by atoms with Crippen molar-refractivity contribution in [1.82, 2.24) is 10.3 Å². The molecule has 3 aromatic carbocycles. The van der Waals surface area contributed by atoms with Crippen LogP contribution in [0.3, 0.4) is 0 Å². The molecule has 4 aromatic rings. The number of anilines is 1. The molecule has 37 heavy (non-hydrogen) atoms. The van der Waals surface area contributed by atoms with Crippen LogP contribution in [0.5, 0.6) is 5.75 Å². The smallest absolute Gasteiger partial charge is 0.258 e. The van der Waals surface area contributed by atoms with Gasteiger partial charge in [-0.05, 0) is 48.5 Å². The van der Waals surface area contributed by atoms with Gasteiger partial charge in [-0.3, -0.25) is 10.1 Å². The highest BCUT2D eigenvalue weighted by Gasteiger charge is 2.18. The number of aromatic nitrogens is 1. The number of thiocarbonyl (C=S) groups is 1. The number of ether oxygens (including phenoxy) is 1. The van der Waals surface area contributed by atoms with Crippen LogP contribution in [0.2, 0.25) is 0 Å². The minimum absolute atomic E-state index is 0.0298. The quantitative estimate of drug-likeness (QED) is 0.366. The monoisotopic (exact) mass is 512 g/mol. The van der Waals surface area contributed by atoms with Gasteiger partial charge in [0.2, 0.25) is 0 Å². The van der Waals surface area contributed by atoms with Crippen molar-refractivity contribution in [3.05, 3.63) is 90.0 Å². The average molecular weight is 513 g/mol. The van der Waals surface area contributed by atoms with Crippen LogP contribution in [0.25, 0.3) is 22.2 Å². The zero-order valence-electron chi connectivity index (χ0n) is 20.7. The molecular formula is C29H26N3O4S-. The first-order valence-electron chi connectivity index (χ1n) is 11.8. The molecule has 0 bridgehead atoms. The maximum Gasteiger partial charge on any atom is 0.258 e. The lowest BCUT2D eigenvalue weighted by molar-refractivity contribution is -0.254. The highest BCUT2D eigenvalue weighted by Crippen LogP contribution is 2.28. The van der Waals surface area contributed by atoms with Gasteiger partial charge in [0.25, 0.3) is 5.91 Å². The van der Waals surface area contributed by atoms with E-state index in [1.807, 2.05) is 48.5 Å². The van der Waals surface area contributed by atoms with Crippen molar-refractivity contribution >= 4 is 45.8 Å². The van der Waals surface area contributed by atoms with Crippen LogP contribution in [0.1, 0.15) is 34.6 Å². The fourth-order valence-corrected chi connectivity index (χ4v) is 4.01. The second kappa shape index (κ2) is 11.2. The van der Waals surface area contributed by atoms with Crippen LogP contribution >= 0.6 is 12.2 Å². The zero-order valence-corrected chi connectivity index (χ0v) is 21.5. The van der Waals surface area contributed by atoms with E-state index in [9.17, 15) is 14.7 Å². The van der Waals surface area contributed by atoms with Gasteiger partial charge in [0.15, 0.2) is 5.11 Å². The van der Waals surface area contributed by atoms with Crippen molar-refractivity contribution in [2.45, 2.75) is 13.8 Å². The maximum absolute atomic E-state index is 13.4. The molecule has 0 aliphatic carbocycles. The van der Waals surface area contributed by atoms with E-state index in [2.05, 4.69) is 19.2 Å². The first-order valence-corrected chi connectivity index (χ1v) is 12.2. The number of nitrogens with one attached hydrogen (secondary N) is 1. The van der Waals surface area contributed by atoms with E-state index in [0.29, 0.717) is 40.4 Å². The molecule has 0 aliphatic heterocycles. The Morgan fingerprint density at radius 2 is 1.73 bits per heavy atom. The zero-order chi connectivity index (χ0) is 26.5. The van der Waals surface area contributed by atoms with E-state index in [-0.39, 0.29) is 10.7 Å². The minimum Gasteiger partial charge on any atom is -0.545 e. The van der Waals surface area contributed by atoms with Crippen molar-refractivity contribution in [1.29, 1.82) is 0 Å². The molecule has 0 radical (unpaired) electrons. The number of amides is 1. The van der Waals surface area contributed by atoms with Gasteiger partial charge in [0.1, 0.15) is 5.75 Å². The minimum atomic E-state index is -1.33. The third kappa shape index (κ3) is 5.92. The molecular weight excluding hydrogens is 486 g/mol. The van der Waals surface area contributed by atoms with E-state index < -0.39 is 11.9 Å². The Bertz CT molecular complexity index is 1490. The van der Waals surface area contributed by atoms with Gasteiger partial charge in [-0.2, -0.15) is 0 Å². The molecule has 8 heteroatoms. The topological polar surface area (TPSA) is 94.6 Å². The molecule has 0 saturated heterocycles. The number of pyridine rings is 1. The molecule has 1 aromatic heterocycles. The molecule has 7 nitrogen and oxygen atoms in total. The van der Waals surface area contributed by atoms with E-state index in [0.717, 1.165) is 11.3 Å². The third-order valence-corrected chi connectivity index (χ3v) is 6.06.